The molecule has 0 amide bonds. The second-order valence-electron chi connectivity index (χ2n) is 4.23. The third kappa shape index (κ3) is 11.2. The predicted molar refractivity (Wildman–Crippen MR) is 78.6 cm³/mol. The third-order valence-corrected chi connectivity index (χ3v) is 3.89. The Labute approximate surface area is 129 Å². The van der Waals surface area contributed by atoms with Crippen LogP contribution in [0.3, 0.4) is 0 Å². The van der Waals surface area contributed by atoms with Crippen LogP contribution in [0.15, 0.2) is 0 Å². The maximum Gasteiger partial charge on any atom is 0.764 e. The summed E-state index contributed by atoms with van der Waals surface area (Å²) in [5, 5.41) is 0. The summed E-state index contributed by atoms with van der Waals surface area (Å²) >= 11 is 0. The van der Waals surface area contributed by atoms with Gasteiger partial charge in [0.15, 0.2) is 0 Å². The summed E-state index contributed by atoms with van der Waals surface area (Å²) in [6.07, 6.45) is 5.57. The van der Waals surface area contributed by atoms with E-state index >= 15 is 0 Å². The van der Waals surface area contributed by atoms with Crippen LogP contribution in [0, 0.1) is 0 Å². The summed E-state index contributed by atoms with van der Waals surface area (Å²) in [5.74, 6) is 0. The van der Waals surface area contributed by atoms with Gasteiger partial charge in [-0.2, -0.15) is 13.7 Å². The van der Waals surface area contributed by atoms with Crippen LogP contribution in [0.5, 0.6) is 0 Å². The Kier molecular flexibility index (Phi) is 14.8. The van der Waals surface area contributed by atoms with Gasteiger partial charge in [0, 0.05) is 6.61 Å². The molecule has 0 heterocycles. The van der Waals surface area contributed by atoms with Gasteiger partial charge in [0.1, 0.15) is 0 Å². The van der Waals surface area contributed by atoms with Gasteiger partial charge in [-0.3, -0.25) is 0 Å². The summed E-state index contributed by atoms with van der Waals surface area (Å²) in [6.45, 7) is 8.96. The highest BCUT2D eigenvalue weighted by Crippen LogP contribution is 2.15. The molecule has 0 saturated heterocycles. The zero-order chi connectivity index (χ0) is 15.8. The summed E-state index contributed by atoms with van der Waals surface area (Å²) in [7, 11) is -3.59. The van der Waals surface area contributed by atoms with Crippen molar-refractivity contribution in [3.05, 3.63) is 0 Å². The average Bonchev–Trinajstić information content (AvgIpc) is 2.51. The molecule has 0 aromatic carbocycles. The first-order valence-corrected chi connectivity index (χ1v) is 9.43. The van der Waals surface area contributed by atoms with Gasteiger partial charge in [-0.25, -0.2) is 14.7 Å². The average molecular weight is 326 g/mol. The molecular weight excluding hydrogens is 296 g/mol. The van der Waals surface area contributed by atoms with Gasteiger partial charge in [0.2, 0.25) is 0 Å². The topological polar surface area (TPSA) is 64.6 Å². The lowest BCUT2D eigenvalue weighted by atomic mass is 10.2. The van der Waals surface area contributed by atoms with Gasteiger partial charge in [-0.15, -0.1) is 0 Å². The van der Waals surface area contributed by atoms with Crippen LogP contribution < -0.4 is 0 Å². The molecule has 0 rings (SSSR count). The maximum atomic E-state index is 5.61. The largest absolute Gasteiger partial charge is 0.764 e. The van der Waals surface area contributed by atoms with Gasteiger partial charge in [-0.05, 0) is 27.2 Å². The summed E-state index contributed by atoms with van der Waals surface area (Å²) in [6, 6.07) is 0. The van der Waals surface area contributed by atoms with E-state index in [0.717, 1.165) is 12.8 Å². The summed E-state index contributed by atoms with van der Waals surface area (Å²) < 4.78 is 21.0. The van der Waals surface area contributed by atoms with Gasteiger partial charge in [-0.1, -0.05) is 32.6 Å². The van der Waals surface area contributed by atoms with Crippen LogP contribution in [-0.2, 0) is 32.8 Å². The van der Waals surface area contributed by atoms with Crippen molar-refractivity contribution in [1.29, 1.82) is 0 Å². The molecule has 0 aromatic rings. The zero-order valence-corrected chi connectivity index (χ0v) is 14.7. The quantitative estimate of drug-likeness (QED) is 0.186. The predicted octanol–water partition coefficient (Wildman–Crippen LogP) is 3.31. The number of hydrogen-bond acceptors (Lipinski definition) is 7. The lowest BCUT2D eigenvalue weighted by Crippen LogP contribution is -2.49. The fourth-order valence-corrected chi connectivity index (χ4v) is 2.82. The van der Waals surface area contributed by atoms with Gasteiger partial charge in [0.25, 0.3) is 0 Å². The van der Waals surface area contributed by atoms with E-state index in [4.69, 9.17) is 32.8 Å². The highest BCUT2D eigenvalue weighted by Gasteiger charge is 2.52. The van der Waals surface area contributed by atoms with E-state index in [2.05, 4.69) is 6.92 Å². The molecular formula is C13H30O7Si. The Balaban J connectivity index is 4.28. The monoisotopic (exact) mass is 326 g/mol. The van der Waals surface area contributed by atoms with Gasteiger partial charge < -0.3 is 4.43 Å². The van der Waals surface area contributed by atoms with E-state index in [1.807, 2.05) is 0 Å². The lowest BCUT2D eigenvalue weighted by molar-refractivity contribution is -0.385. The molecule has 0 aliphatic carbocycles. The molecule has 0 fully saturated rings. The molecule has 128 valence electrons. The molecule has 0 aliphatic rings. The summed E-state index contributed by atoms with van der Waals surface area (Å²) in [5.41, 5.74) is 0. The molecule has 0 spiro atoms. The third-order valence-electron chi connectivity index (χ3n) is 2.36. The highest BCUT2D eigenvalue weighted by atomic mass is 28.4. The van der Waals surface area contributed by atoms with E-state index in [1.165, 1.54) is 19.3 Å². The minimum Gasteiger partial charge on any atom is -0.347 e. The Morgan fingerprint density at radius 1 is 0.619 bits per heavy atom. The van der Waals surface area contributed by atoms with Crippen LogP contribution >= 0.6 is 0 Å². The Morgan fingerprint density at radius 3 is 1.52 bits per heavy atom. The summed E-state index contributed by atoms with van der Waals surface area (Å²) in [4.78, 5) is 14.7. The van der Waals surface area contributed by atoms with E-state index in [9.17, 15) is 0 Å². The van der Waals surface area contributed by atoms with Crippen LogP contribution in [-0.4, -0.2) is 35.5 Å². The van der Waals surface area contributed by atoms with E-state index in [0.29, 0.717) is 26.4 Å². The van der Waals surface area contributed by atoms with Gasteiger partial charge in [0.05, 0.1) is 19.8 Å². The first-order chi connectivity index (χ1) is 10.2. The van der Waals surface area contributed by atoms with Crippen molar-refractivity contribution in [2.75, 3.05) is 26.4 Å². The molecule has 0 unspecified atom stereocenters. The molecule has 0 aromatic heterocycles. The molecule has 7 nitrogen and oxygen atoms in total. The van der Waals surface area contributed by atoms with Crippen LogP contribution in [0.1, 0.15) is 59.8 Å². The fourth-order valence-electron chi connectivity index (χ4n) is 1.41. The van der Waals surface area contributed by atoms with Gasteiger partial charge >= 0.3 is 9.05 Å². The van der Waals surface area contributed by atoms with Crippen LogP contribution in [0.4, 0.5) is 0 Å². The van der Waals surface area contributed by atoms with Crippen LogP contribution in [0.2, 0.25) is 0 Å². The van der Waals surface area contributed by atoms with Crippen molar-refractivity contribution in [3.63, 3.8) is 0 Å². The zero-order valence-electron chi connectivity index (χ0n) is 13.7. The highest BCUT2D eigenvalue weighted by molar-refractivity contribution is 6.52. The van der Waals surface area contributed by atoms with E-state index in [-0.39, 0.29) is 0 Å². The smallest absolute Gasteiger partial charge is 0.347 e. The van der Waals surface area contributed by atoms with Crippen molar-refractivity contribution < 1.29 is 32.8 Å². The van der Waals surface area contributed by atoms with Crippen molar-refractivity contribution in [3.8, 4) is 0 Å². The van der Waals surface area contributed by atoms with E-state index < -0.39 is 9.05 Å². The number of hydrogen-bond donors (Lipinski definition) is 0. The number of unbranched alkanes of at least 4 members (excludes halogenated alkanes) is 4. The molecule has 0 N–H and O–H groups in total. The molecule has 0 bridgehead atoms. The molecule has 0 saturated carbocycles. The Hall–Kier alpha value is -0.0631. The normalized spacial score (nSPS) is 12.0. The van der Waals surface area contributed by atoms with Crippen molar-refractivity contribution in [2.24, 2.45) is 0 Å². The second-order valence-corrected chi connectivity index (χ2v) is 6.02. The fraction of sp³-hybridized carbons (Fsp3) is 1.00. The van der Waals surface area contributed by atoms with Crippen molar-refractivity contribution in [1.82, 2.24) is 0 Å². The number of rotatable bonds is 16. The van der Waals surface area contributed by atoms with E-state index in [1.54, 1.807) is 20.8 Å². The van der Waals surface area contributed by atoms with Crippen molar-refractivity contribution >= 4 is 9.05 Å². The van der Waals surface area contributed by atoms with Crippen molar-refractivity contribution in [2.45, 2.75) is 59.8 Å². The standard InChI is InChI=1S/C13H30O7Si/c1-5-9-10-11-12-13-17-21(18-14-6-2,19-15-7-3)20-16-8-4/h5-13H2,1-4H3. The van der Waals surface area contributed by atoms with Crippen LogP contribution in [0.25, 0.3) is 0 Å². The second kappa shape index (κ2) is 14.9. The Morgan fingerprint density at radius 2 is 1.10 bits per heavy atom. The SMILES string of the molecule is CCCCCCCO[Si](OOCC)(OOCC)OOCC. The lowest BCUT2D eigenvalue weighted by Gasteiger charge is -2.23. The molecule has 0 atom stereocenters. The molecule has 0 radical (unpaired) electrons. The molecule has 8 heteroatoms. The first kappa shape index (κ1) is 20.9. The minimum atomic E-state index is -3.59. The first-order valence-electron chi connectivity index (χ1n) is 7.80. The molecule has 21 heavy (non-hydrogen) atoms. The maximum absolute atomic E-state index is 5.61. The molecule has 0 aliphatic heterocycles. The minimum absolute atomic E-state index is 0.333. The Bertz CT molecular complexity index is 197.